The number of hydrogen-bond acceptors (Lipinski definition) is 4. The lowest BCUT2D eigenvalue weighted by atomic mass is 10.0. The molecule has 0 aromatic heterocycles. The Morgan fingerprint density at radius 3 is 3.05 bits per heavy atom. The Bertz CT molecular complexity index is 550. The SMILES string of the molecule is COc1ccc2c(c1)C=C(C(=O)NCC1CNC1)CO2. The Hall–Kier alpha value is -2.01. The van der Waals surface area contributed by atoms with Crippen LogP contribution < -0.4 is 20.1 Å². The maximum atomic E-state index is 12.1. The second-order valence-electron chi connectivity index (χ2n) is 5.10. The van der Waals surface area contributed by atoms with E-state index in [1.54, 1.807) is 7.11 Å². The van der Waals surface area contributed by atoms with Gasteiger partial charge < -0.3 is 20.1 Å². The lowest BCUT2D eigenvalue weighted by molar-refractivity contribution is -0.118. The molecule has 0 saturated carbocycles. The van der Waals surface area contributed by atoms with Gasteiger partial charge in [0.1, 0.15) is 18.1 Å². The van der Waals surface area contributed by atoms with Crippen LogP contribution >= 0.6 is 0 Å². The Morgan fingerprint density at radius 1 is 1.50 bits per heavy atom. The van der Waals surface area contributed by atoms with E-state index in [-0.39, 0.29) is 5.91 Å². The van der Waals surface area contributed by atoms with Crippen LogP contribution in [0.3, 0.4) is 0 Å². The highest BCUT2D eigenvalue weighted by atomic mass is 16.5. The molecule has 0 radical (unpaired) electrons. The zero-order chi connectivity index (χ0) is 13.9. The smallest absolute Gasteiger partial charge is 0.250 e. The van der Waals surface area contributed by atoms with Crippen molar-refractivity contribution in [2.75, 3.05) is 33.4 Å². The fraction of sp³-hybridized carbons (Fsp3) is 0.400. The lowest BCUT2D eigenvalue weighted by Gasteiger charge is -2.27. The molecule has 1 saturated heterocycles. The number of benzene rings is 1. The summed E-state index contributed by atoms with van der Waals surface area (Å²) in [4.78, 5) is 12.1. The average molecular weight is 274 g/mol. The first kappa shape index (κ1) is 13.0. The van der Waals surface area contributed by atoms with Crippen LogP contribution in [0.5, 0.6) is 11.5 Å². The van der Waals surface area contributed by atoms with Crippen molar-refractivity contribution in [3.8, 4) is 11.5 Å². The van der Waals surface area contributed by atoms with E-state index in [0.29, 0.717) is 24.6 Å². The van der Waals surface area contributed by atoms with Crippen molar-refractivity contribution < 1.29 is 14.3 Å². The Kier molecular flexibility index (Phi) is 3.60. The maximum Gasteiger partial charge on any atom is 0.250 e. The summed E-state index contributed by atoms with van der Waals surface area (Å²) in [6.07, 6.45) is 1.87. The van der Waals surface area contributed by atoms with Crippen molar-refractivity contribution in [3.05, 3.63) is 29.3 Å². The normalized spacial score (nSPS) is 17.4. The molecule has 1 aromatic rings. The topological polar surface area (TPSA) is 59.6 Å². The van der Waals surface area contributed by atoms with Crippen LogP contribution in [0, 0.1) is 5.92 Å². The van der Waals surface area contributed by atoms with Crippen LogP contribution in [-0.4, -0.2) is 39.3 Å². The lowest BCUT2D eigenvalue weighted by Crippen LogP contribution is -2.48. The van der Waals surface area contributed by atoms with Crippen molar-refractivity contribution in [2.24, 2.45) is 5.92 Å². The number of carbonyl (C=O) groups excluding carboxylic acids is 1. The standard InChI is InChI=1S/C15H18N2O3/c1-19-13-2-3-14-11(5-13)4-12(9-20-14)15(18)17-8-10-6-16-7-10/h2-5,10,16H,6-9H2,1H3,(H,17,18). The number of methoxy groups -OCH3 is 1. The highest BCUT2D eigenvalue weighted by Gasteiger charge is 2.21. The fourth-order valence-corrected chi connectivity index (χ4v) is 2.26. The molecule has 5 heteroatoms. The van der Waals surface area contributed by atoms with Gasteiger partial charge in [-0.1, -0.05) is 0 Å². The Morgan fingerprint density at radius 2 is 2.35 bits per heavy atom. The molecule has 106 valence electrons. The molecule has 2 N–H and O–H groups in total. The first-order chi connectivity index (χ1) is 9.76. The van der Waals surface area contributed by atoms with Crippen molar-refractivity contribution in [3.63, 3.8) is 0 Å². The molecule has 2 aliphatic heterocycles. The summed E-state index contributed by atoms with van der Waals surface area (Å²) in [6.45, 7) is 2.99. The minimum atomic E-state index is -0.0506. The summed E-state index contributed by atoms with van der Waals surface area (Å²) in [6, 6.07) is 5.58. The van der Waals surface area contributed by atoms with Gasteiger partial charge in [-0.15, -0.1) is 0 Å². The monoisotopic (exact) mass is 274 g/mol. The second-order valence-corrected chi connectivity index (χ2v) is 5.10. The van der Waals surface area contributed by atoms with Gasteiger partial charge in [-0.05, 0) is 24.3 Å². The largest absolute Gasteiger partial charge is 0.497 e. The first-order valence-corrected chi connectivity index (χ1v) is 6.76. The van der Waals surface area contributed by atoms with Gasteiger partial charge in [-0.2, -0.15) is 0 Å². The maximum absolute atomic E-state index is 12.1. The summed E-state index contributed by atoms with van der Waals surface area (Å²) in [5.74, 6) is 2.04. The molecule has 0 spiro atoms. The molecule has 1 amide bonds. The van der Waals surface area contributed by atoms with Gasteiger partial charge >= 0.3 is 0 Å². The van der Waals surface area contributed by atoms with E-state index in [1.807, 2.05) is 24.3 Å². The number of nitrogens with one attached hydrogen (secondary N) is 2. The van der Waals surface area contributed by atoms with Crippen molar-refractivity contribution in [1.29, 1.82) is 0 Å². The number of rotatable bonds is 4. The van der Waals surface area contributed by atoms with Crippen LogP contribution in [-0.2, 0) is 4.79 Å². The van der Waals surface area contributed by atoms with Gasteiger partial charge in [0.15, 0.2) is 0 Å². The molecule has 2 aliphatic rings. The first-order valence-electron chi connectivity index (χ1n) is 6.76. The molecule has 3 rings (SSSR count). The molecule has 1 aromatic carbocycles. The molecular weight excluding hydrogens is 256 g/mol. The predicted octanol–water partition coefficient (Wildman–Crippen LogP) is 0.807. The molecule has 5 nitrogen and oxygen atoms in total. The van der Waals surface area contributed by atoms with E-state index in [4.69, 9.17) is 9.47 Å². The zero-order valence-corrected chi connectivity index (χ0v) is 11.4. The predicted molar refractivity (Wildman–Crippen MR) is 75.8 cm³/mol. The van der Waals surface area contributed by atoms with E-state index in [9.17, 15) is 4.79 Å². The van der Waals surface area contributed by atoms with Crippen molar-refractivity contribution in [2.45, 2.75) is 0 Å². The fourth-order valence-electron chi connectivity index (χ4n) is 2.26. The molecular formula is C15H18N2O3. The van der Waals surface area contributed by atoms with Crippen molar-refractivity contribution >= 4 is 12.0 Å². The molecule has 20 heavy (non-hydrogen) atoms. The quantitative estimate of drug-likeness (QED) is 0.853. The molecule has 0 aliphatic carbocycles. The number of fused-ring (bicyclic) bond motifs is 1. The number of carbonyl (C=O) groups is 1. The van der Waals surface area contributed by atoms with Gasteiger partial charge in [-0.25, -0.2) is 0 Å². The average Bonchev–Trinajstić information content (AvgIpc) is 2.44. The van der Waals surface area contributed by atoms with Crippen LogP contribution in [0.2, 0.25) is 0 Å². The van der Waals surface area contributed by atoms with Crippen LogP contribution in [0.25, 0.3) is 6.08 Å². The Balaban J connectivity index is 1.69. The third kappa shape index (κ3) is 2.63. The molecule has 2 heterocycles. The van der Waals surface area contributed by atoms with E-state index in [1.165, 1.54) is 0 Å². The van der Waals surface area contributed by atoms with Gasteiger partial charge in [0.05, 0.1) is 12.7 Å². The van der Waals surface area contributed by atoms with Crippen LogP contribution in [0.4, 0.5) is 0 Å². The van der Waals surface area contributed by atoms with E-state index < -0.39 is 0 Å². The number of hydrogen-bond donors (Lipinski definition) is 2. The van der Waals surface area contributed by atoms with E-state index >= 15 is 0 Å². The number of ether oxygens (including phenoxy) is 2. The highest BCUT2D eigenvalue weighted by Crippen LogP contribution is 2.29. The minimum absolute atomic E-state index is 0.0506. The summed E-state index contributed by atoms with van der Waals surface area (Å²) in [5.41, 5.74) is 1.53. The zero-order valence-electron chi connectivity index (χ0n) is 11.4. The third-order valence-corrected chi connectivity index (χ3v) is 3.64. The summed E-state index contributed by atoms with van der Waals surface area (Å²) >= 11 is 0. The van der Waals surface area contributed by atoms with Gasteiger partial charge in [0, 0.05) is 31.1 Å². The van der Waals surface area contributed by atoms with Crippen molar-refractivity contribution in [1.82, 2.24) is 10.6 Å². The molecule has 1 fully saturated rings. The van der Waals surface area contributed by atoms with Crippen LogP contribution in [0.1, 0.15) is 5.56 Å². The summed E-state index contributed by atoms with van der Waals surface area (Å²) in [5, 5.41) is 6.14. The van der Waals surface area contributed by atoms with E-state index in [2.05, 4.69) is 10.6 Å². The second kappa shape index (κ2) is 5.54. The van der Waals surface area contributed by atoms with Gasteiger partial charge in [0.2, 0.25) is 0 Å². The molecule has 0 atom stereocenters. The summed E-state index contributed by atoms with van der Waals surface area (Å²) in [7, 11) is 1.62. The summed E-state index contributed by atoms with van der Waals surface area (Å²) < 4.78 is 10.8. The molecule has 0 bridgehead atoms. The van der Waals surface area contributed by atoms with E-state index in [0.717, 1.165) is 30.2 Å². The molecule has 0 unspecified atom stereocenters. The third-order valence-electron chi connectivity index (χ3n) is 3.64. The highest BCUT2D eigenvalue weighted by molar-refractivity contribution is 5.99. The van der Waals surface area contributed by atoms with Gasteiger partial charge in [0.25, 0.3) is 5.91 Å². The van der Waals surface area contributed by atoms with Crippen LogP contribution in [0.15, 0.2) is 23.8 Å². The Labute approximate surface area is 118 Å². The van der Waals surface area contributed by atoms with Gasteiger partial charge in [-0.3, -0.25) is 4.79 Å². The number of amides is 1. The minimum Gasteiger partial charge on any atom is -0.497 e.